The molecular weight excluding hydrogens is 208 g/mol. The largest absolute Gasteiger partial charge is 0.465 e. The summed E-state index contributed by atoms with van der Waals surface area (Å²) in [5.74, 6) is 1.46. The van der Waals surface area contributed by atoms with Crippen molar-refractivity contribution in [1.82, 2.24) is 0 Å². The lowest BCUT2D eigenvalue weighted by molar-refractivity contribution is -0.137. The molecule has 1 fully saturated rings. The van der Waals surface area contributed by atoms with Gasteiger partial charge in [0.15, 0.2) is 0 Å². The summed E-state index contributed by atoms with van der Waals surface area (Å²) in [7, 11) is 0. The predicted molar refractivity (Wildman–Crippen MR) is 60.8 cm³/mol. The first-order chi connectivity index (χ1) is 7.34. The average molecular weight is 222 g/mol. The Labute approximate surface area is 94.0 Å². The number of benzene rings is 1. The minimum atomic E-state index is -0.0373. The molecule has 15 heavy (non-hydrogen) atoms. The summed E-state index contributed by atoms with van der Waals surface area (Å²) in [6.45, 7) is 0.619. The SMILES string of the molecule is O=C1CC(CCSc2ccccc2)CO1. The third-order valence-corrected chi connectivity index (χ3v) is 3.52. The molecule has 0 bridgehead atoms. The molecule has 0 spiro atoms. The van der Waals surface area contributed by atoms with Gasteiger partial charge in [0.25, 0.3) is 0 Å². The van der Waals surface area contributed by atoms with Crippen molar-refractivity contribution in [1.29, 1.82) is 0 Å². The molecule has 1 aliphatic heterocycles. The molecule has 1 saturated heterocycles. The third-order valence-electron chi connectivity index (χ3n) is 2.47. The van der Waals surface area contributed by atoms with Crippen molar-refractivity contribution >= 4 is 17.7 Å². The molecular formula is C12H14O2S. The van der Waals surface area contributed by atoms with Crippen LogP contribution in [0.25, 0.3) is 0 Å². The van der Waals surface area contributed by atoms with Crippen LogP contribution in [0.15, 0.2) is 35.2 Å². The fraction of sp³-hybridized carbons (Fsp3) is 0.417. The Morgan fingerprint density at radius 3 is 2.80 bits per heavy atom. The van der Waals surface area contributed by atoms with E-state index in [1.165, 1.54) is 4.90 Å². The molecule has 3 heteroatoms. The minimum Gasteiger partial charge on any atom is -0.465 e. The van der Waals surface area contributed by atoms with E-state index in [0.717, 1.165) is 12.2 Å². The molecule has 1 unspecified atom stereocenters. The number of cyclic esters (lactones) is 1. The van der Waals surface area contributed by atoms with Crippen LogP contribution in [-0.2, 0) is 9.53 Å². The molecule has 2 nitrogen and oxygen atoms in total. The van der Waals surface area contributed by atoms with Crippen molar-refractivity contribution in [2.24, 2.45) is 5.92 Å². The van der Waals surface area contributed by atoms with Crippen molar-refractivity contribution in [3.05, 3.63) is 30.3 Å². The van der Waals surface area contributed by atoms with Crippen LogP contribution in [0.2, 0.25) is 0 Å². The lowest BCUT2D eigenvalue weighted by Gasteiger charge is -2.05. The fourth-order valence-electron chi connectivity index (χ4n) is 1.61. The monoisotopic (exact) mass is 222 g/mol. The summed E-state index contributed by atoms with van der Waals surface area (Å²) in [5, 5.41) is 0. The summed E-state index contributed by atoms with van der Waals surface area (Å²) in [4.78, 5) is 12.2. The van der Waals surface area contributed by atoms with Gasteiger partial charge in [-0.15, -0.1) is 11.8 Å². The Morgan fingerprint density at radius 1 is 1.33 bits per heavy atom. The Bertz CT molecular complexity index is 324. The van der Waals surface area contributed by atoms with Gasteiger partial charge in [-0.2, -0.15) is 0 Å². The van der Waals surface area contributed by atoms with Crippen LogP contribution in [0.5, 0.6) is 0 Å². The maximum absolute atomic E-state index is 10.9. The Balaban J connectivity index is 1.69. The molecule has 0 aliphatic carbocycles. The van der Waals surface area contributed by atoms with Crippen molar-refractivity contribution in [2.75, 3.05) is 12.4 Å². The van der Waals surface area contributed by atoms with Crippen molar-refractivity contribution in [2.45, 2.75) is 17.7 Å². The van der Waals surface area contributed by atoms with Gasteiger partial charge in [-0.25, -0.2) is 0 Å². The number of carbonyl (C=O) groups is 1. The summed E-state index contributed by atoms with van der Waals surface area (Å²) >= 11 is 1.84. The van der Waals surface area contributed by atoms with Crippen LogP contribution in [0.3, 0.4) is 0 Å². The lowest BCUT2D eigenvalue weighted by Crippen LogP contribution is -2.00. The Kier molecular flexibility index (Phi) is 3.67. The first-order valence-corrected chi connectivity index (χ1v) is 6.16. The standard InChI is InChI=1S/C12H14O2S/c13-12-8-10(9-14-12)6-7-15-11-4-2-1-3-5-11/h1-5,10H,6-9H2. The second kappa shape index (κ2) is 5.21. The number of thioether (sulfide) groups is 1. The maximum atomic E-state index is 10.9. The zero-order valence-corrected chi connectivity index (χ0v) is 9.33. The smallest absolute Gasteiger partial charge is 0.306 e. The van der Waals surface area contributed by atoms with E-state index in [1.807, 2.05) is 30.0 Å². The van der Waals surface area contributed by atoms with Gasteiger partial charge in [-0.05, 0) is 24.3 Å². The van der Waals surface area contributed by atoms with Gasteiger partial charge in [0.1, 0.15) is 0 Å². The highest BCUT2D eigenvalue weighted by Crippen LogP contribution is 2.23. The van der Waals surface area contributed by atoms with Crippen molar-refractivity contribution in [3.63, 3.8) is 0 Å². The van der Waals surface area contributed by atoms with Crippen molar-refractivity contribution < 1.29 is 9.53 Å². The van der Waals surface area contributed by atoms with Gasteiger partial charge in [0, 0.05) is 10.8 Å². The zero-order valence-electron chi connectivity index (χ0n) is 8.52. The van der Waals surface area contributed by atoms with Crippen LogP contribution in [-0.4, -0.2) is 18.3 Å². The highest BCUT2D eigenvalue weighted by Gasteiger charge is 2.22. The predicted octanol–water partition coefficient (Wildman–Crippen LogP) is 2.73. The summed E-state index contributed by atoms with van der Waals surface area (Å²) in [5.41, 5.74) is 0. The van der Waals surface area contributed by atoms with Crippen LogP contribution >= 0.6 is 11.8 Å². The molecule has 1 aromatic carbocycles. The average Bonchev–Trinajstić information content (AvgIpc) is 2.66. The molecule has 0 N–H and O–H groups in total. The normalized spacial score (nSPS) is 20.3. The first kappa shape index (κ1) is 10.6. The van der Waals surface area contributed by atoms with Gasteiger partial charge in [0.05, 0.1) is 13.0 Å². The number of hydrogen-bond acceptors (Lipinski definition) is 3. The quantitative estimate of drug-likeness (QED) is 0.579. The van der Waals surface area contributed by atoms with Gasteiger partial charge < -0.3 is 4.74 Å². The molecule has 0 aromatic heterocycles. The van der Waals surface area contributed by atoms with E-state index in [9.17, 15) is 4.79 Å². The second-order valence-electron chi connectivity index (χ2n) is 3.70. The number of esters is 1. The highest BCUT2D eigenvalue weighted by molar-refractivity contribution is 7.99. The Hall–Kier alpha value is -0.960. The molecule has 1 atom stereocenters. The fourth-order valence-corrected chi connectivity index (χ4v) is 2.65. The molecule has 1 aromatic rings. The van der Waals surface area contributed by atoms with Crippen molar-refractivity contribution in [3.8, 4) is 0 Å². The number of hydrogen-bond donors (Lipinski definition) is 0. The van der Waals surface area contributed by atoms with E-state index in [4.69, 9.17) is 4.74 Å². The third kappa shape index (κ3) is 3.27. The zero-order chi connectivity index (χ0) is 10.5. The number of rotatable bonds is 4. The van der Waals surface area contributed by atoms with Gasteiger partial charge in [0.2, 0.25) is 0 Å². The molecule has 0 saturated carbocycles. The maximum Gasteiger partial charge on any atom is 0.306 e. The van der Waals surface area contributed by atoms with E-state index < -0.39 is 0 Å². The van der Waals surface area contributed by atoms with E-state index in [-0.39, 0.29) is 5.97 Å². The van der Waals surface area contributed by atoms with Crippen LogP contribution in [0.1, 0.15) is 12.8 Å². The topological polar surface area (TPSA) is 26.3 Å². The highest BCUT2D eigenvalue weighted by atomic mass is 32.2. The molecule has 1 aliphatic rings. The summed E-state index contributed by atoms with van der Waals surface area (Å²) in [6, 6.07) is 10.3. The molecule has 0 amide bonds. The van der Waals surface area contributed by atoms with Crippen LogP contribution in [0.4, 0.5) is 0 Å². The van der Waals surface area contributed by atoms with Crippen LogP contribution in [0, 0.1) is 5.92 Å². The molecule has 80 valence electrons. The van der Waals surface area contributed by atoms with Gasteiger partial charge in [-0.3, -0.25) is 4.79 Å². The minimum absolute atomic E-state index is 0.0373. The molecule has 1 heterocycles. The first-order valence-electron chi connectivity index (χ1n) is 5.18. The van der Waals surface area contributed by atoms with E-state index in [2.05, 4.69) is 12.1 Å². The molecule has 0 radical (unpaired) electrons. The lowest BCUT2D eigenvalue weighted by atomic mass is 10.1. The van der Waals surface area contributed by atoms with E-state index >= 15 is 0 Å². The van der Waals surface area contributed by atoms with Gasteiger partial charge in [-0.1, -0.05) is 18.2 Å². The summed E-state index contributed by atoms with van der Waals surface area (Å²) < 4.78 is 4.92. The van der Waals surface area contributed by atoms with Gasteiger partial charge >= 0.3 is 5.97 Å². The molecule has 2 rings (SSSR count). The number of ether oxygens (including phenoxy) is 1. The summed E-state index contributed by atoms with van der Waals surface area (Å²) in [6.07, 6.45) is 1.67. The van der Waals surface area contributed by atoms with Crippen LogP contribution < -0.4 is 0 Å². The van der Waals surface area contributed by atoms with E-state index in [1.54, 1.807) is 0 Å². The van der Waals surface area contributed by atoms with E-state index in [0.29, 0.717) is 18.9 Å². The Morgan fingerprint density at radius 2 is 2.13 bits per heavy atom. The second-order valence-corrected chi connectivity index (χ2v) is 4.87. The number of carbonyl (C=O) groups excluding carboxylic acids is 1.